The van der Waals surface area contributed by atoms with Crippen molar-refractivity contribution in [1.29, 1.82) is 0 Å². The van der Waals surface area contributed by atoms with Gasteiger partial charge in [0.05, 0.1) is 38.6 Å². The first kappa shape index (κ1) is 102. The predicted octanol–water partition coefficient (Wildman–Crippen LogP) is 17.5. The zero-order valence-electron chi connectivity index (χ0n) is 69.9. The molecule has 3 aliphatic rings. The lowest BCUT2D eigenvalue weighted by Gasteiger charge is -2.48. The molecule has 0 bridgehead atoms. The molecule has 0 aromatic rings. The Bertz CT molecular complexity index is 2280. The SMILES string of the molecule is CC/C=C\C/C=C\C/C=C\C/C=C\CCCCCCCCCCCCCCCCCCCCCCCCCCC(=O)NC(COC1OC(CO)C(OC2OC(CO)C(OC3OC(CO)C(O)C(O)C3O)C(O)C2O)C(O)C1O)C(O)/C=C/CC/C=C/CCCCCCCCCCCCCCCCCCCCCCCCC. The van der Waals surface area contributed by atoms with Crippen LogP contribution in [0.5, 0.6) is 0 Å². The number of unbranched alkanes of at least 4 members (excludes halogenated alkanes) is 48. The molecule has 0 spiro atoms. The van der Waals surface area contributed by atoms with E-state index in [2.05, 4.69) is 79.9 Å². The fourth-order valence-corrected chi connectivity index (χ4v) is 15.3. The van der Waals surface area contributed by atoms with Crippen LogP contribution >= 0.6 is 0 Å². The summed E-state index contributed by atoms with van der Waals surface area (Å²) in [4.78, 5) is 13.5. The van der Waals surface area contributed by atoms with Crippen molar-refractivity contribution in [2.45, 2.75) is 478 Å². The second kappa shape index (κ2) is 71.3. The van der Waals surface area contributed by atoms with Gasteiger partial charge in [0.25, 0.3) is 0 Å². The fraction of sp³-hybridized carbons (Fsp3) is 0.859. The van der Waals surface area contributed by atoms with Crippen LogP contribution in [0.4, 0.5) is 0 Å². The van der Waals surface area contributed by atoms with Crippen LogP contribution in [0.15, 0.2) is 72.9 Å². The molecule has 17 unspecified atom stereocenters. The predicted molar refractivity (Wildman–Crippen MR) is 448 cm³/mol. The molecule has 3 rings (SSSR count). The van der Waals surface area contributed by atoms with Crippen LogP contribution in [0.2, 0.25) is 0 Å². The van der Waals surface area contributed by atoms with Crippen LogP contribution in [0, 0.1) is 0 Å². The van der Waals surface area contributed by atoms with Gasteiger partial charge >= 0.3 is 0 Å². The second-order valence-electron chi connectivity index (χ2n) is 32.4. The van der Waals surface area contributed by atoms with Gasteiger partial charge in [0.1, 0.15) is 73.2 Å². The molecule has 19 nitrogen and oxygen atoms in total. The van der Waals surface area contributed by atoms with E-state index < -0.39 is 124 Å². The lowest BCUT2D eigenvalue weighted by atomic mass is 9.96. The fourth-order valence-electron chi connectivity index (χ4n) is 15.3. The lowest BCUT2D eigenvalue weighted by Crippen LogP contribution is -2.66. The summed E-state index contributed by atoms with van der Waals surface area (Å²) in [6.07, 6.45) is 69.2. The van der Waals surface area contributed by atoms with Gasteiger partial charge in [-0.05, 0) is 70.6 Å². The topological polar surface area (TPSA) is 307 Å². The van der Waals surface area contributed by atoms with E-state index in [1.165, 1.54) is 276 Å². The van der Waals surface area contributed by atoms with Crippen LogP contribution in [0.3, 0.4) is 0 Å². The van der Waals surface area contributed by atoms with E-state index >= 15 is 0 Å². The smallest absolute Gasteiger partial charge is 0.220 e. The monoisotopic (exact) mass is 1570 g/mol. The molecular formula is C92H167NO18. The molecule has 0 aliphatic carbocycles. The van der Waals surface area contributed by atoms with E-state index in [1.54, 1.807) is 6.08 Å². The number of rotatable bonds is 74. The van der Waals surface area contributed by atoms with Gasteiger partial charge in [0, 0.05) is 6.42 Å². The Labute approximate surface area is 674 Å². The third kappa shape index (κ3) is 49.9. The minimum Gasteiger partial charge on any atom is -0.394 e. The molecule has 19 heteroatoms. The number of amides is 1. The van der Waals surface area contributed by atoms with Crippen LogP contribution in [-0.4, -0.2) is 193 Å². The number of hydrogen-bond donors (Lipinski definition) is 12. The largest absolute Gasteiger partial charge is 0.394 e. The lowest BCUT2D eigenvalue weighted by molar-refractivity contribution is -0.379. The highest BCUT2D eigenvalue weighted by Crippen LogP contribution is 2.34. The summed E-state index contributed by atoms with van der Waals surface area (Å²) in [6, 6.07) is -0.993. The van der Waals surface area contributed by atoms with Crippen molar-refractivity contribution < 1.29 is 89.4 Å². The van der Waals surface area contributed by atoms with Crippen LogP contribution in [0.1, 0.15) is 373 Å². The highest BCUT2D eigenvalue weighted by Gasteiger charge is 2.54. The molecule has 3 aliphatic heterocycles. The molecule has 0 saturated carbocycles. The van der Waals surface area contributed by atoms with E-state index in [0.717, 1.165) is 64.2 Å². The van der Waals surface area contributed by atoms with Crippen molar-refractivity contribution in [1.82, 2.24) is 5.32 Å². The van der Waals surface area contributed by atoms with E-state index in [-0.39, 0.29) is 18.9 Å². The van der Waals surface area contributed by atoms with Crippen LogP contribution < -0.4 is 5.32 Å². The maximum Gasteiger partial charge on any atom is 0.220 e. The average molecular weight is 1580 g/mol. The molecule has 0 aromatic carbocycles. The molecule has 0 aromatic heterocycles. The maximum absolute atomic E-state index is 13.5. The molecule has 3 fully saturated rings. The van der Waals surface area contributed by atoms with E-state index in [0.29, 0.717) is 12.8 Å². The zero-order valence-corrected chi connectivity index (χ0v) is 69.9. The first-order valence-corrected chi connectivity index (χ1v) is 45.7. The number of allylic oxidation sites excluding steroid dienone is 11. The van der Waals surface area contributed by atoms with Crippen LogP contribution in [-0.2, 0) is 33.2 Å². The summed E-state index contributed by atoms with van der Waals surface area (Å²) in [5.74, 6) is -0.279. The summed E-state index contributed by atoms with van der Waals surface area (Å²) in [7, 11) is 0. The maximum atomic E-state index is 13.5. The third-order valence-electron chi connectivity index (χ3n) is 22.5. The van der Waals surface area contributed by atoms with Crippen molar-refractivity contribution in [3.63, 3.8) is 0 Å². The molecule has 648 valence electrons. The molecule has 12 N–H and O–H groups in total. The number of aliphatic hydroxyl groups excluding tert-OH is 11. The van der Waals surface area contributed by atoms with Crippen molar-refractivity contribution in [2.24, 2.45) is 0 Å². The Morgan fingerprint density at radius 2 is 0.631 bits per heavy atom. The van der Waals surface area contributed by atoms with Gasteiger partial charge in [-0.25, -0.2) is 0 Å². The van der Waals surface area contributed by atoms with Gasteiger partial charge < -0.3 is 89.9 Å². The van der Waals surface area contributed by atoms with Gasteiger partial charge in [0.2, 0.25) is 5.91 Å². The van der Waals surface area contributed by atoms with Gasteiger partial charge in [-0.2, -0.15) is 0 Å². The Hall–Kier alpha value is -2.77. The van der Waals surface area contributed by atoms with Crippen molar-refractivity contribution in [2.75, 3.05) is 26.4 Å². The van der Waals surface area contributed by atoms with Crippen LogP contribution in [0.25, 0.3) is 0 Å². The molecule has 17 atom stereocenters. The van der Waals surface area contributed by atoms with Gasteiger partial charge in [-0.3, -0.25) is 4.79 Å². The Morgan fingerprint density at radius 3 is 1.01 bits per heavy atom. The third-order valence-corrected chi connectivity index (χ3v) is 22.5. The molecule has 3 heterocycles. The van der Waals surface area contributed by atoms with Crippen molar-refractivity contribution in [3.05, 3.63) is 72.9 Å². The molecule has 1 amide bonds. The first-order chi connectivity index (χ1) is 54.3. The van der Waals surface area contributed by atoms with Gasteiger partial charge in [0.15, 0.2) is 18.9 Å². The van der Waals surface area contributed by atoms with E-state index in [1.807, 2.05) is 6.08 Å². The van der Waals surface area contributed by atoms with Crippen molar-refractivity contribution in [3.8, 4) is 0 Å². The normalized spacial score (nSPS) is 25.4. The average Bonchev–Trinajstić information content (AvgIpc) is 0.779. The Kier molecular flexibility index (Phi) is 65.8. The number of aliphatic hydroxyl groups is 11. The van der Waals surface area contributed by atoms with Gasteiger partial charge in [-0.1, -0.05) is 369 Å². The number of nitrogens with one attached hydrogen (secondary N) is 1. The highest BCUT2D eigenvalue weighted by atomic mass is 16.8. The summed E-state index contributed by atoms with van der Waals surface area (Å²) in [5, 5.41) is 121. The molecule has 0 radical (unpaired) electrons. The van der Waals surface area contributed by atoms with E-state index in [4.69, 9.17) is 28.4 Å². The highest BCUT2D eigenvalue weighted by molar-refractivity contribution is 5.76. The van der Waals surface area contributed by atoms with Crippen molar-refractivity contribution >= 4 is 5.91 Å². The van der Waals surface area contributed by atoms with E-state index in [9.17, 15) is 61.0 Å². The molecule has 111 heavy (non-hydrogen) atoms. The van der Waals surface area contributed by atoms with Gasteiger partial charge in [-0.15, -0.1) is 0 Å². The Morgan fingerprint density at radius 1 is 0.333 bits per heavy atom. The molecule has 3 saturated heterocycles. The first-order valence-electron chi connectivity index (χ1n) is 45.7. The molecular weight excluding hydrogens is 1410 g/mol. The number of hydrogen-bond acceptors (Lipinski definition) is 18. The number of carbonyl (C=O) groups is 1. The second-order valence-corrected chi connectivity index (χ2v) is 32.4. The summed E-state index contributed by atoms with van der Waals surface area (Å²) in [6.45, 7) is 1.66. The number of ether oxygens (including phenoxy) is 6. The minimum atomic E-state index is -1.98. The summed E-state index contributed by atoms with van der Waals surface area (Å²) >= 11 is 0. The summed E-state index contributed by atoms with van der Waals surface area (Å²) < 4.78 is 34.5. The Balaban J connectivity index is 1.32. The minimum absolute atomic E-state index is 0.237. The zero-order chi connectivity index (χ0) is 80.3. The number of carbonyl (C=O) groups excluding carboxylic acids is 1. The standard InChI is InChI=1S/C92H167NO18/c1-3-5-7-9-11-13-15-17-19-21-23-25-27-29-31-33-34-35-36-37-38-39-40-42-44-46-48-50-52-54-56-58-60-62-64-66-68-70-80(98)93-75(76(97)69-67-65-63-61-59-57-55-53-51-49-47-45-43-41-32-30-28-26-24-22-20-18-16-14-12-10-8-6-4-2)74-106-90-86(104)83(101)88(78(72-95)108-90)111-92-87(105)84(102)89(79(73-96)109-92)110-91-85(103)82(100)81(99)77(71-94)107-91/h5,7,11,13,17,19,23,25,59,61,67,69,75-79,81-92,94-97,99-105H,3-4,6,8-10,12,14-16,18,20-22,24,26-58,60,62-66,68,70-74H2,1-2H3,(H,93,98)/b7-5-,13-11-,19-17-,25-23-,61-59+,69-67+. The summed E-state index contributed by atoms with van der Waals surface area (Å²) in [5.41, 5.74) is 0. The quantitative estimate of drug-likeness (QED) is 0.0199.